The molecule has 2 N–H and O–H groups in total. The Labute approximate surface area is 144 Å². The number of nitrogens with zero attached hydrogens (tertiary/aromatic N) is 2. The van der Waals surface area contributed by atoms with Crippen LogP contribution in [0.25, 0.3) is 0 Å². The Morgan fingerprint density at radius 3 is 2.62 bits per heavy atom. The van der Waals surface area contributed by atoms with Gasteiger partial charge >= 0.3 is 0 Å². The molecule has 0 spiro atoms. The second kappa shape index (κ2) is 8.35. The number of amides is 2. The molecule has 0 aliphatic heterocycles. The molecule has 0 saturated carbocycles. The number of halogens is 1. The third-order valence-corrected chi connectivity index (χ3v) is 3.54. The van der Waals surface area contributed by atoms with Gasteiger partial charge in [0.15, 0.2) is 0 Å². The second-order valence-electron chi connectivity index (χ2n) is 5.13. The van der Waals surface area contributed by atoms with Gasteiger partial charge in [-0.25, -0.2) is 0 Å². The van der Waals surface area contributed by atoms with Crippen molar-refractivity contribution in [2.45, 2.75) is 6.42 Å². The average Bonchev–Trinajstić information content (AvgIpc) is 2.95. The van der Waals surface area contributed by atoms with Crippen LogP contribution in [-0.4, -0.2) is 41.8 Å². The van der Waals surface area contributed by atoms with E-state index in [0.29, 0.717) is 18.0 Å². The minimum absolute atomic E-state index is 0.114. The first-order valence-electron chi connectivity index (χ1n) is 7.36. The Morgan fingerprint density at radius 2 is 1.96 bits per heavy atom. The fourth-order valence-electron chi connectivity index (χ4n) is 2.09. The van der Waals surface area contributed by atoms with Gasteiger partial charge in [-0.05, 0) is 24.1 Å². The number of nitrogens with one attached hydrogen (secondary N) is 2. The smallest absolute Gasteiger partial charge is 0.258 e. The van der Waals surface area contributed by atoms with Crippen LogP contribution in [0.1, 0.15) is 15.9 Å². The van der Waals surface area contributed by atoms with E-state index in [2.05, 4.69) is 15.7 Å². The molecular formula is C16H19ClN4O3. The molecule has 0 atom stereocenters. The molecule has 0 aliphatic carbocycles. The highest BCUT2D eigenvalue weighted by Crippen LogP contribution is 2.14. The largest absolute Gasteiger partial charge is 0.479 e. The first-order chi connectivity index (χ1) is 11.5. The lowest BCUT2D eigenvalue weighted by Crippen LogP contribution is -2.37. The van der Waals surface area contributed by atoms with Gasteiger partial charge < -0.3 is 15.4 Å². The van der Waals surface area contributed by atoms with Gasteiger partial charge in [0.1, 0.15) is 5.56 Å². The SMILES string of the molecule is COc1nn(C)cc1C(=O)NCC(=O)NCCc1ccc(Cl)cc1. The maximum Gasteiger partial charge on any atom is 0.258 e. The predicted molar refractivity (Wildman–Crippen MR) is 90.3 cm³/mol. The topological polar surface area (TPSA) is 85.2 Å². The van der Waals surface area contributed by atoms with Crippen molar-refractivity contribution >= 4 is 23.4 Å². The van der Waals surface area contributed by atoms with Crippen LogP contribution in [-0.2, 0) is 18.3 Å². The molecule has 1 heterocycles. The number of methoxy groups -OCH3 is 1. The number of ether oxygens (including phenoxy) is 1. The van der Waals surface area contributed by atoms with Crippen molar-refractivity contribution in [1.82, 2.24) is 20.4 Å². The number of hydrogen-bond acceptors (Lipinski definition) is 4. The summed E-state index contributed by atoms with van der Waals surface area (Å²) in [5, 5.41) is 9.96. The van der Waals surface area contributed by atoms with E-state index in [1.165, 1.54) is 18.0 Å². The molecule has 2 aromatic rings. The minimum atomic E-state index is -0.409. The van der Waals surface area contributed by atoms with Crippen LogP contribution in [0, 0.1) is 0 Å². The lowest BCUT2D eigenvalue weighted by atomic mass is 10.1. The Morgan fingerprint density at radius 1 is 1.25 bits per heavy atom. The van der Waals surface area contributed by atoms with Crippen molar-refractivity contribution in [3.8, 4) is 5.88 Å². The summed E-state index contributed by atoms with van der Waals surface area (Å²) >= 11 is 5.82. The van der Waals surface area contributed by atoms with Crippen molar-refractivity contribution in [3.05, 3.63) is 46.6 Å². The summed E-state index contributed by atoms with van der Waals surface area (Å²) in [5.41, 5.74) is 1.36. The standard InChI is InChI=1S/C16H19ClN4O3/c1-21-10-13(16(20-21)24-2)15(23)19-9-14(22)18-8-7-11-3-5-12(17)6-4-11/h3-6,10H,7-9H2,1-2H3,(H,18,22)(H,19,23). The van der Waals surface area contributed by atoms with E-state index in [1.807, 2.05) is 12.1 Å². The third kappa shape index (κ3) is 4.99. The molecule has 2 rings (SSSR count). The third-order valence-electron chi connectivity index (χ3n) is 3.29. The number of aromatic nitrogens is 2. The molecule has 1 aromatic heterocycles. The Bertz CT molecular complexity index is 713. The van der Waals surface area contributed by atoms with Gasteiger partial charge in [0, 0.05) is 24.8 Å². The molecule has 128 valence electrons. The highest BCUT2D eigenvalue weighted by Gasteiger charge is 2.16. The number of carbonyl (C=O) groups excluding carboxylic acids is 2. The van der Waals surface area contributed by atoms with Crippen molar-refractivity contribution < 1.29 is 14.3 Å². The molecule has 8 heteroatoms. The molecule has 1 aromatic carbocycles. The summed E-state index contributed by atoms with van der Waals surface area (Å²) in [6.45, 7) is 0.365. The van der Waals surface area contributed by atoms with Crippen LogP contribution < -0.4 is 15.4 Å². The van der Waals surface area contributed by atoms with Crippen LogP contribution in [0.4, 0.5) is 0 Å². The second-order valence-corrected chi connectivity index (χ2v) is 5.57. The van der Waals surface area contributed by atoms with Gasteiger partial charge in [-0.2, -0.15) is 0 Å². The minimum Gasteiger partial charge on any atom is -0.479 e. The summed E-state index contributed by atoms with van der Waals surface area (Å²) in [5.74, 6) is -0.453. The summed E-state index contributed by atoms with van der Waals surface area (Å²) in [7, 11) is 3.12. The fraction of sp³-hybridized carbons (Fsp3) is 0.312. The van der Waals surface area contributed by atoms with Crippen molar-refractivity contribution in [2.24, 2.45) is 7.05 Å². The van der Waals surface area contributed by atoms with E-state index < -0.39 is 5.91 Å². The Kier molecular flexibility index (Phi) is 6.20. The highest BCUT2D eigenvalue weighted by molar-refractivity contribution is 6.30. The maximum absolute atomic E-state index is 12.0. The molecule has 0 unspecified atom stereocenters. The zero-order valence-corrected chi connectivity index (χ0v) is 14.3. The monoisotopic (exact) mass is 350 g/mol. The summed E-state index contributed by atoms with van der Waals surface area (Å²) in [6.07, 6.45) is 2.22. The first kappa shape index (κ1) is 17.8. The molecule has 0 fully saturated rings. The Balaban J connectivity index is 1.74. The van der Waals surface area contributed by atoms with E-state index in [1.54, 1.807) is 19.2 Å². The number of hydrogen-bond donors (Lipinski definition) is 2. The number of carbonyl (C=O) groups is 2. The van der Waals surface area contributed by atoms with Crippen LogP contribution >= 0.6 is 11.6 Å². The molecule has 2 amide bonds. The van der Waals surface area contributed by atoms with E-state index in [9.17, 15) is 9.59 Å². The normalized spacial score (nSPS) is 10.3. The predicted octanol–water partition coefficient (Wildman–Crippen LogP) is 1.17. The molecule has 24 heavy (non-hydrogen) atoms. The van der Waals surface area contributed by atoms with E-state index >= 15 is 0 Å². The molecular weight excluding hydrogens is 332 g/mol. The summed E-state index contributed by atoms with van der Waals surface area (Å²) in [6, 6.07) is 7.43. The van der Waals surface area contributed by atoms with E-state index in [-0.39, 0.29) is 23.9 Å². The summed E-state index contributed by atoms with van der Waals surface area (Å²) < 4.78 is 6.49. The summed E-state index contributed by atoms with van der Waals surface area (Å²) in [4.78, 5) is 23.8. The quantitative estimate of drug-likeness (QED) is 0.785. The molecule has 0 saturated heterocycles. The van der Waals surface area contributed by atoms with Gasteiger partial charge in [0.05, 0.1) is 13.7 Å². The van der Waals surface area contributed by atoms with Crippen LogP contribution in [0.3, 0.4) is 0 Å². The maximum atomic E-state index is 12.0. The lowest BCUT2D eigenvalue weighted by molar-refractivity contribution is -0.120. The van der Waals surface area contributed by atoms with E-state index in [4.69, 9.17) is 16.3 Å². The molecule has 0 bridgehead atoms. The van der Waals surface area contributed by atoms with E-state index in [0.717, 1.165) is 5.56 Å². The number of rotatable bonds is 7. The van der Waals surface area contributed by atoms with Crippen molar-refractivity contribution in [2.75, 3.05) is 20.2 Å². The van der Waals surface area contributed by atoms with Gasteiger partial charge in [-0.15, -0.1) is 5.10 Å². The first-order valence-corrected chi connectivity index (χ1v) is 7.74. The molecule has 0 aliphatic rings. The fourth-order valence-corrected chi connectivity index (χ4v) is 2.22. The number of aryl methyl sites for hydroxylation is 1. The zero-order valence-electron chi connectivity index (χ0n) is 13.5. The highest BCUT2D eigenvalue weighted by atomic mass is 35.5. The van der Waals surface area contributed by atoms with Crippen molar-refractivity contribution in [3.63, 3.8) is 0 Å². The Hall–Kier alpha value is -2.54. The van der Waals surface area contributed by atoms with Gasteiger partial charge in [-0.1, -0.05) is 23.7 Å². The van der Waals surface area contributed by atoms with Crippen LogP contribution in [0.5, 0.6) is 5.88 Å². The molecule has 7 nitrogen and oxygen atoms in total. The zero-order chi connectivity index (χ0) is 17.5. The van der Waals surface area contributed by atoms with Gasteiger partial charge in [-0.3, -0.25) is 14.3 Å². The van der Waals surface area contributed by atoms with Gasteiger partial charge in [0.25, 0.3) is 5.91 Å². The number of benzene rings is 1. The lowest BCUT2D eigenvalue weighted by Gasteiger charge is -2.07. The van der Waals surface area contributed by atoms with Crippen LogP contribution in [0.15, 0.2) is 30.5 Å². The van der Waals surface area contributed by atoms with Crippen molar-refractivity contribution in [1.29, 1.82) is 0 Å². The van der Waals surface area contributed by atoms with Gasteiger partial charge in [0.2, 0.25) is 11.8 Å². The van der Waals surface area contributed by atoms with Crippen LogP contribution in [0.2, 0.25) is 5.02 Å². The average molecular weight is 351 g/mol. The molecule has 0 radical (unpaired) electrons.